The molecule has 128 valence electrons. The number of methoxy groups -OCH3 is 3. The van der Waals surface area contributed by atoms with Crippen LogP contribution >= 0.6 is 0 Å². The van der Waals surface area contributed by atoms with Gasteiger partial charge in [0.25, 0.3) is 5.91 Å². The van der Waals surface area contributed by atoms with E-state index in [4.69, 9.17) is 14.2 Å². The Labute approximate surface area is 142 Å². The van der Waals surface area contributed by atoms with Gasteiger partial charge in [0.15, 0.2) is 11.5 Å². The monoisotopic (exact) mass is 329 g/mol. The summed E-state index contributed by atoms with van der Waals surface area (Å²) in [5.41, 5.74) is 3.33. The number of benzene rings is 2. The molecule has 0 aliphatic carbocycles. The fourth-order valence-electron chi connectivity index (χ4n) is 2.59. The first-order valence-electron chi connectivity index (χ1n) is 7.75. The lowest BCUT2D eigenvalue weighted by molar-refractivity contribution is 0.102. The van der Waals surface area contributed by atoms with E-state index in [1.807, 2.05) is 25.1 Å². The highest BCUT2D eigenvalue weighted by Gasteiger charge is 2.19. The predicted molar refractivity (Wildman–Crippen MR) is 94.6 cm³/mol. The molecule has 0 spiro atoms. The van der Waals surface area contributed by atoms with Crippen LogP contribution in [-0.4, -0.2) is 27.2 Å². The Balaban J connectivity index is 2.43. The van der Waals surface area contributed by atoms with E-state index in [0.717, 1.165) is 23.2 Å². The molecule has 0 aliphatic rings. The molecular formula is C19H23NO4. The van der Waals surface area contributed by atoms with Crippen LogP contribution in [0.4, 0.5) is 5.69 Å². The summed E-state index contributed by atoms with van der Waals surface area (Å²) >= 11 is 0. The minimum absolute atomic E-state index is 0.253. The van der Waals surface area contributed by atoms with Crippen molar-refractivity contribution in [3.05, 3.63) is 47.0 Å². The molecule has 0 saturated heterocycles. The molecule has 1 N–H and O–H groups in total. The predicted octanol–water partition coefficient (Wildman–Crippen LogP) is 3.84. The minimum atomic E-state index is -0.253. The van der Waals surface area contributed by atoms with Crippen molar-refractivity contribution >= 4 is 11.6 Å². The van der Waals surface area contributed by atoms with Gasteiger partial charge < -0.3 is 19.5 Å². The second-order valence-corrected chi connectivity index (χ2v) is 5.32. The van der Waals surface area contributed by atoms with E-state index in [1.165, 1.54) is 21.3 Å². The lowest BCUT2D eigenvalue weighted by atomic mass is 10.0. The summed E-state index contributed by atoms with van der Waals surface area (Å²) in [7, 11) is 4.59. The van der Waals surface area contributed by atoms with Gasteiger partial charge in [0.1, 0.15) is 5.75 Å². The Morgan fingerprint density at radius 3 is 2.21 bits per heavy atom. The molecule has 0 radical (unpaired) electrons. The maximum Gasteiger partial charge on any atom is 0.259 e. The minimum Gasteiger partial charge on any atom is -0.496 e. The van der Waals surface area contributed by atoms with Gasteiger partial charge in [-0.25, -0.2) is 0 Å². The molecule has 1 amide bonds. The third-order valence-corrected chi connectivity index (χ3v) is 3.93. The van der Waals surface area contributed by atoms with Crippen molar-refractivity contribution in [1.82, 2.24) is 0 Å². The highest BCUT2D eigenvalue weighted by atomic mass is 16.5. The van der Waals surface area contributed by atoms with Crippen molar-refractivity contribution in [2.75, 3.05) is 26.6 Å². The fourth-order valence-corrected chi connectivity index (χ4v) is 2.59. The van der Waals surface area contributed by atoms with E-state index in [2.05, 4.69) is 12.2 Å². The molecule has 0 aromatic heterocycles. The summed E-state index contributed by atoms with van der Waals surface area (Å²) in [4.78, 5) is 12.8. The molecule has 5 heteroatoms. The van der Waals surface area contributed by atoms with Gasteiger partial charge in [0.05, 0.1) is 26.9 Å². The number of carbonyl (C=O) groups excluding carboxylic acids is 1. The zero-order valence-corrected chi connectivity index (χ0v) is 14.7. The van der Waals surface area contributed by atoms with Crippen LogP contribution in [0.2, 0.25) is 0 Å². The zero-order valence-electron chi connectivity index (χ0n) is 14.7. The maximum atomic E-state index is 12.8. The number of anilines is 1. The van der Waals surface area contributed by atoms with Crippen molar-refractivity contribution in [2.45, 2.75) is 20.3 Å². The molecule has 0 atom stereocenters. The third kappa shape index (κ3) is 3.45. The van der Waals surface area contributed by atoms with Crippen molar-refractivity contribution in [3.8, 4) is 17.2 Å². The van der Waals surface area contributed by atoms with E-state index in [9.17, 15) is 4.79 Å². The average Bonchev–Trinajstić information content (AvgIpc) is 2.61. The molecule has 2 rings (SSSR count). The average molecular weight is 329 g/mol. The molecule has 5 nitrogen and oxygen atoms in total. The number of nitrogens with one attached hydrogen (secondary N) is 1. The van der Waals surface area contributed by atoms with Crippen LogP contribution in [0.3, 0.4) is 0 Å². The first-order chi connectivity index (χ1) is 11.5. The number of para-hydroxylation sites is 1. The zero-order chi connectivity index (χ0) is 17.7. The Kier molecular flexibility index (Phi) is 5.68. The van der Waals surface area contributed by atoms with Gasteiger partial charge >= 0.3 is 0 Å². The van der Waals surface area contributed by atoms with Crippen molar-refractivity contribution in [1.29, 1.82) is 0 Å². The van der Waals surface area contributed by atoms with Gasteiger partial charge in [-0.15, -0.1) is 0 Å². The standard InChI is InChI=1S/C19H23NO4/c1-6-13-9-7-8-12(2)18(13)20-19(21)14-10-16(23-4)17(24-5)11-15(14)22-3/h7-11H,6H2,1-5H3,(H,20,21). The van der Waals surface area contributed by atoms with Crippen molar-refractivity contribution < 1.29 is 19.0 Å². The largest absolute Gasteiger partial charge is 0.496 e. The van der Waals surface area contributed by atoms with Gasteiger partial charge in [-0.3, -0.25) is 4.79 Å². The number of hydrogen-bond donors (Lipinski definition) is 1. The van der Waals surface area contributed by atoms with Crippen LogP contribution in [0.15, 0.2) is 30.3 Å². The smallest absolute Gasteiger partial charge is 0.259 e. The topological polar surface area (TPSA) is 56.8 Å². The van der Waals surface area contributed by atoms with Gasteiger partial charge in [0.2, 0.25) is 0 Å². The molecule has 0 aliphatic heterocycles. The normalized spacial score (nSPS) is 10.2. The van der Waals surface area contributed by atoms with Crippen LogP contribution in [0.5, 0.6) is 17.2 Å². The lowest BCUT2D eigenvalue weighted by Crippen LogP contribution is -2.15. The van der Waals surface area contributed by atoms with Crippen LogP contribution in [0.25, 0.3) is 0 Å². The highest BCUT2D eigenvalue weighted by Crippen LogP contribution is 2.35. The number of rotatable bonds is 6. The van der Waals surface area contributed by atoms with E-state index in [1.54, 1.807) is 12.1 Å². The summed E-state index contributed by atoms with van der Waals surface area (Å²) in [5.74, 6) is 1.16. The molecule has 0 unspecified atom stereocenters. The molecule has 0 saturated carbocycles. The van der Waals surface area contributed by atoms with Gasteiger partial charge in [-0.2, -0.15) is 0 Å². The fraction of sp³-hybridized carbons (Fsp3) is 0.316. The number of carbonyl (C=O) groups is 1. The summed E-state index contributed by atoms with van der Waals surface area (Å²) < 4.78 is 15.9. The number of aryl methyl sites for hydroxylation is 2. The second kappa shape index (κ2) is 7.73. The van der Waals surface area contributed by atoms with Crippen LogP contribution in [0.1, 0.15) is 28.4 Å². The summed E-state index contributed by atoms with van der Waals surface area (Å²) in [6.45, 7) is 4.03. The molecule has 2 aromatic carbocycles. The van der Waals surface area contributed by atoms with Gasteiger partial charge in [-0.05, 0) is 24.5 Å². The molecular weight excluding hydrogens is 306 g/mol. The first kappa shape index (κ1) is 17.7. The quantitative estimate of drug-likeness (QED) is 0.875. The Morgan fingerprint density at radius 2 is 1.62 bits per heavy atom. The molecule has 24 heavy (non-hydrogen) atoms. The van der Waals surface area contributed by atoms with Crippen LogP contribution in [0, 0.1) is 6.92 Å². The van der Waals surface area contributed by atoms with Crippen LogP contribution in [-0.2, 0) is 6.42 Å². The van der Waals surface area contributed by atoms with E-state index < -0.39 is 0 Å². The SMILES string of the molecule is CCc1cccc(C)c1NC(=O)c1cc(OC)c(OC)cc1OC. The van der Waals surface area contributed by atoms with Crippen LogP contribution < -0.4 is 19.5 Å². The van der Waals surface area contributed by atoms with E-state index >= 15 is 0 Å². The molecule has 0 fully saturated rings. The number of hydrogen-bond acceptors (Lipinski definition) is 4. The Hall–Kier alpha value is -2.69. The molecule has 0 bridgehead atoms. The van der Waals surface area contributed by atoms with Crippen molar-refractivity contribution in [2.24, 2.45) is 0 Å². The van der Waals surface area contributed by atoms with E-state index in [-0.39, 0.29) is 5.91 Å². The van der Waals surface area contributed by atoms with Gasteiger partial charge in [0, 0.05) is 17.8 Å². The first-order valence-corrected chi connectivity index (χ1v) is 7.75. The number of ether oxygens (including phenoxy) is 3. The maximum absolute atomic E-state index is 12.8. The molecule has 2 aromatic rings. The number of amides is 1. The van der Waals surface area contributed by atoms with Crippen molar-refractivity contribution in [3.63, 3.8) is 0 Å². The second-order valence-electron chi connectivity index (χ2n) is 5.32. The third-order valence-electron chi connectivity index (χ3n) is 3.93. The lowest BCUT2D eigenvalue weighted by Gasteiger charge is -2.16. The Morgan fingerprint density at radius 1 is 1.00 bits per heavy atom. The van der Waals surface area contributed by atoms with E-state index in [0.29, 0.717) is 22.8 Å². The summed E-state index contributed by atoms with van der Waals surface area (Å²) in [5, 5.41) is 2.99. The summed E-state index contributed by atoms with van der Waals surface area (Å²) in [6, 6.07) is 9.24. The van der Waals surface area contributed by atoms with Gasteiger partial charge in [-0.1, -0.05) is 25.1 Å². The highest BCUT2D eigenvalue weighted by molar-refractivity contribution is 6.07. The molecule has 0 heterocycles. The summed E-state index contributed by atoms with van der Waals surface area (Å²) in [6.07, 6.45) is 0.834. The Bertz CT molecular complexity index is 740.